The average Bonchev–Trinajstić information content (AvgIpc) is 1.89. The van der Waals surface area contributed by atoms with Crippen LogP contribution in [-0.2, 0) is 9.47 Å². The molecule has 1 atom stereocenters. The van der Waals surface area contributed by atoms with Gasteiger partial charge in [0.1, 0.15) is 6.23 Å². The number of methoxy groups -OCH3 is 1. The molecule has 1 unspecified atom stereocenters. The Bertz CT molecular complexity index is 87.1. The highest BCUT2D eigenvalue weighted by Gasteiger charge is 2.17. The van der Waals surface area contributed by atoms with E-state index >= 15 is 0 Å². The number of hydrogen-bond acceptors (Lipinski definition) is 3. The Morgan fingerprint density at radius 2 is 2.56 bits per heavy atom. The first kappa shape index (κ1) is 6.99. The summed E-state index contributed by atoms with van der Waals surface area (Å²) in [6, 6.07) is 0. The predicted molar refractivity (Wildman–Crippen MR) is 33.7 cm³/mol. The van der Waals surface area contributed by atoms with Crippen molar-refractivity contribution in [1.82, 2.24) is 4.90 Å². The summed E-state index contributed by atoms with van der Waals surface area (Å²) in [6.07, 6.45) is 0.110. The Hall–Kier alpha value is -0.120. The topological polar surface area (TPSA) is 21.7 Å². The molecule has 0 aromatic heterocycles. The van der Waals surface area contributed by atoms with Gasteiger partial charge in [0.2, 0.25) is 0 Å². The summed E-state index contributed by atoms with van der Waals surface area (Å²) in [4.78, 5) is 2.02. The number of morpholine rings is 1. The molecule has 3 heteroatoms. The summed E-state index contributed by atoms with van der Waals surface area (Å²) >= 11 is 0. The van der Waals surface area contributed by atoms with Gasteiger partial charge in [-0.3, -0.25) is 4.90 Å². The van der Waals surface area contributed by atoms with Crippen molar-refractivity contribution in [1.29, 1.82) is 0 Å². The minimum atomic E-state index is 0.110. The van der Waals surface area contributed by atoms with Crippen molar-refractivity contribution < 1.29 is 9.47 Å². The van der Waals surface area contributed by atoms with Crippen molar-refractivity contribution >= 4 is 0 Å². The summed E-state index contributed by atoms with van der Waals surface area (Å²) in [6.45, 7) is 3.34. The van der Waals surface area contributed by atoms with E-state index in [4.69, 9.17) is 9.47 Å². The van der Waals surface area contributed by atoms with Crippen LogP contribution < -0.4 is 0 Å². The van der Waals surface area contributed by atoms with Crippen LogP contribution in [0.4, 0.5) is 0 Å². The van der Waals surface area contributed by atoms with Gasteiger partial charge in [-0.2, -0.15) is 0 Å². The van der Waals surface area contributed by atoms with E-state index in [0.29, 0.717) is 13.2 Å². The van der Waals surface area contributed by atoms with E-state index in [1.807, 2.05) is 18.5 Å². The summed E-state index contributed by atoms with van der Waals surface area (Å²) in [5.74, 6) is 0. The Balaban J connectivity index is 2.30. The highest BCUT2D eigenvalue weighted by Crippen LogP contribution is 2.06. The zero-order chi connectivity index (χ0) is 6.69. The molecule has 0 saturated carbocycles. The van der Waals surface area contributed by atoms with Crippen molar-refractivity contribution in [2.75, 3.05) is 27.4 Å². The van der Waals surface area contributed by atoms with Crippen molar-refractivity contribution in [3.63, 3.8) is 0 Å². The molecule has 0 N–H and O–H groups in total. The van der Waals surface area contributed by atoms with Gasteiger partial charge < -0.3 is 9.47 Å². The summed E-state index contributed by atoms with van der Waals surface area (Å²) in [5, 5.41) is 0. The molecule has 3 nitrogen and oxygen atoms in total. The zero-order valence-corrected chi connectivity index (χ0v) is 5.83. The molecule has 1 radical (unpaired) electrons. The molecular weight excluding hydrogens is 118 g/mol. The van der Waals surface area contributed by atoms with Crippen molar-refractivity contribution in [2.24, 2.45) is 0 Å². The Kier molecular flexibility index (Phi) is 2.45. The molecule has 1 aliphatic heterocycles. The Labute approximate surface area is 55.5 Å². The fraction of sp³-hybridized carbons (Fsp3) is 0.833. The lowest BCUT2D eigenvalue weighted by Crippen LogP contribution is -2.40. The van der Waals surface area contributed by atoms with Gasteiger partial charge in [-0.1, -0.05) is 0 Å². The molecule has 0 aromatic rings. The molecule has 1 saturated heterocycles. The van der Waals surface area contributed by atoms with E-state index in [2.05, 4.69) is 0 Å². The van der Waals surface area contributed by atoms with E-state index < -0.39 is 0 Å². The first-order valence-electron chi connectivity index (χ1n) is 3.00. The van der Waals surface area contributed by atoms with E-state index in [9.17, 15) is 0 Å². The largest absolute Gasteiger partial charge is 0.376 e. The molecule has 53 valence electrons. The van der Waals surface area contributed by atoms with Gasteiger partial charge in [0.25, 0.3) is 0 Å². The summed E-state index contributed by atoms with van der Waals surface area (Å²) in [7, 11) is 3.67. The minimum absolute atomic E-state index is 0.110. The Morgan fingerprint density at radius 3 is 3.00 bits per heavy atom. The molecular formula is C6H12NO2. The van der Waals surface area contributed by atoms with Crippen LogP contribution >= 0.6 is 0 Å². The number of ether oxygens (including phenoxy) is 2. The van der Waals surface area contributed by atoms with Crippen LogP contribution in [0, 0.1) is 6.54 Å². The van der Waals surface area contributed by atoms with Crippen molar-refractivity contribution in [3.05, 3.63) is 6.54 Å². The van der Waals surface area contributed by atoms with E-state index in [0.717, 1.165) is 0 Å². The van der Waals surface area contributed by atoms with Crippen LogP contribution in [-0.4, -0.2) is 38.5 Å². The minimum Gasteiger partial charge on any atom is -0.376 e. The number of rotatable bonds is 1. The van der Waals surface area contributed by atoms with Gasteiger partial charge in [-0.05, 0) is 7.05 Å². The van der Waals surface area contributed by atoms with Crippen LogP contribution in [0.25, 0.3) is 0 Å². The average molecular weight is 130 g/mol. The van der Waals surface area contributed by atoms with E-state index in [1.54, 1.807) is 7.11 Å². The third-order valence-electron chi connectivity index (χ3n) is 1.47. The zero-order valence-electron chi connectivity index (χ0n) is 5.83. The predicted octanol–water partition coefficient (Wildman–Crippen LogP) is 0.0827. The van der Waals surface area contributed by atoms with Gasteiger partial charge >= 0.3 is 0 Å². The highest BCUT2D eigenvalue weighted by molar-refractivity contribution is 4.72. The fourth-order valence-electron chi connectivity index (χ4n) is 0.809. The second-order valence-electron chi connectivity index (χ2n) is 2.08. The molecule has 0 aromatic carbocycles. The third kappa shape index (κ3) is 1.64. The number of likely N-dealkylation sites (N-methyl/N-ethyl adjacent to an activating group) is 1. The lowest BCUT2D eigenvalue weighted by Gasteiger charge is -2.30. The molecule has 0 spiro atoms. The van der Waals surface area contributed by atoms with Crippen LogP contribution in [0.3, 0.4) is 0 Å². The van der Waals surface area contributed by atoms with Crippen molar-refractivity contribution in [2.45, 2.75) is 6.23 Å². The van der Waals surface area contributed by atoms with Crippen LogP contribution in [0.1, 0.15) is 0 Å². The van der Waals surface area contributed by atoms with Gasteiger partial charge in [0.05, 0.1) is 19.8 Å². The van der Waals surface area contributed by atoms with Gasteiger partial charge in [0.15, 0.2) is 0 Å². The molecule has 1 fully saturated rings. The second kappa shape index (κ2) is 3.15. The van der Waals surface area contributed by atoms with Crippen molar-refractivity contribution in [3.8, 4) is 0 Å². The first-order valence-corrected chi connectivity index (χ1v) is 3.00. The normalized spacial score (nSPS) is 30.7. The quantitative estimate of drug-likeness (QED) is 0.502. The highest BCUT2D eigenvalue weighted by atomic mass is 16.5. The standard InChI is InChI=1S/C6H12NO2/c1-7-3-4-9-5-6(7)8-2/h3,6H,4-5H2,1-2H3. The lowest BCUT2D eigenvalue weighted by molar-refractivity contribution is -0.0938. The maximum atomic E-state index is 5.12. The lowest BCUT2D eigenvalue weighted by atomic mass is 10.4. The van der Waals surface area contributed by atoms with Gasteiger partial charge in [0, 0.05) is 7.11 Å². The van der Waals surface area contributed by atoms with E-state index in [-0.39, 0.29) is 6.23 Å². The molecule has 0 amide bonds. The molecule has 1 rings (SSSR count). The Morgan fingerprint density at radius 1 is 1.78 bits per heavy atom. The molecule has 0 aliphatic carbocycles. The summed E-state index contributed by atoms with van der Waals surface area (Å²) in [5.41, 5.74) is 0. The maximum absolute atomic E-state index is 5.12. The van der Waals surface area contributed by atoms with Gasteiger partial charge in [-0.25, -0.2) is 0 Å². The van der Waals surface area contributed by atoms with Gasteiger partial charge in [-0.15, -0.1) is 0 Å². The maximum Gasteiger partial charge on any atom is 0.133 e. The fourth-order valence-corrected chi connectivity index (χ4v) is 0.809. The number of hydrogen-bond donors (Lipinski definition) is 0. The number of nitrogens with zero attached hydrogens (tertiary/aromatic N) is 1. The molecule has 1 heterocycles. The van der Waals surface area contributed by atoms with Crippen LogP contribution in [0.2, 0.25) is 0 Å². The molecule has 9 heavy (non-hydrogen) atoms. The van der Waals surface area contributed by atoms with E-state index in [1.165, 1.54) is 0 Å². The molecule has 1 aliphatic rings. The van der Waals surface area contributed by atoms with Crippen LogP contribution in [0.5, 0.6) is 0 Å². The monoisotopic (exact) mass is 130 g/mol. The first-order chi connectivity index (χ1) is 4.34. The second-order valence-corrected chi connectivity index (χ2v) is 2.08. The third-order valence-corrected chi connectivity index (χ3v) is 1.47. The smallest absolute Gasteiger partial charge is 0.133 e. The van der Waals surface area contributed by atoms with Crippen LogP contribution in [0.15, 0.2) is 0 Å². The SMILES string of the molecule is COC1COC[CH]N1C. The molecule has 0 bridgehead atoms. The summed E-state index contributed by atoms with van der Waals surface area (Å²) < 4.78 is 10.2.